The molecule has 1 aromatic heterocycles. The van der Waals surface area contributed by atoms with E-state index in [0.717, 1.165) is 24.2 Å². The molecule has 0 saturated heterocycles. The molecule has 19 heavy (non-hydrogen) atoms. The fourth-order valence-corrected chi connectivity index (χ4v) is 1.68. The Hall–Kier alpha value is -1.85. The lowest BCUT2D eigenvalue weighted by atomic mass is 10.0. The predicted octanol–water partition coefficient (Wildman–Crippen LogP) is 2.55. The number of phenolic OH excluding ortho intramolecular Hbond substituents is 1. The SMILES string of the molecule is CC(C)(N)CCn1cnc(-c2ccc(O)cc2)c1.N. The average molecular weight is 262 g/mol. The van der Waals surface area contributed by atoms with Gasteiger partial charge in [-0.3, -0.25) is 0 Å². The molecule has 5 nitrogen and oxygen atoms in total. The normalized spacial score (nSPS) is 11.1. The summed E-state index contributed by atoms with van der Waals surface area (Å²) >= 11 is 0. The number of rotatable bonds is 4. The van der Waals surface area contributed by atoms with Crippen molar-refractivity contribution in [2.75, 3.05) is 0 Å². The highest BCUT2D eigenvalue weighted by atomic mass is 16.3. The first-order chi connectivity index (χ1) is 8.44. The zero-order valence-electron chi connectivity index (χ0n) is 11.5. The molecule has 1 aromatic carbocycles. The van der Waals surface area contributed by atoms with Gasteiger partial charge in [0.25, 0.3) is 0 Å². The van der Waals surface area contributed by atoms with Gasteiger partial charge in [-0.25, -0.2) is 4.98 Å². The lowest BCUT2D eigenvalue weighted by molar-refractivity contribution is 0.436. The zero-order chi connectivity index (χ0) is 13.2. The first kappa shape index (κ1) is 15.2. The molecule has 0 radical (unpaired) electrons. The van der Waals surface area contributed by atoms with Gasteiger partial charge in [-0.1, -0.05) is 0 Å². The topological polar surface area (TPSA) is 99.1 Å². The molecular weight excluding hydrogens is 240 g/mol. The Morgan fingerprint density at radius 3 is 2.47 bits per heavy atom. The van der Waals surface area contributed by atoms with E-state index in [-0.39, 0.29) is 17.4 Å². The second-order valence-electron chi connectivity index (χ2n) is 5.28. The van der Waals surface area contributed by atoms with Gasteiger partial charge in [-0.2, -0.15) is 0 Å². The molecule has 0 unspecified atom stereocenters. The van der Waals surface area contributed by atoms with Crippen molar-refractivity contribution in [3.8, 4) is 17.0 Å². The summed E-state index contributed by atoms with van der Waals surface area (Å²) in [6.45, 7) is 4.89. The Balaban J connectivity index is 0.00000180. The van der Waals surface area contributed by atoms with Crippen LogP contribution in [0.15, 0.2) is 36.8 Å². The van der Waals surface area contributed by atoms with Gasteiger partial charge in [0, 0.05) is 23.8 Å². The highest BCUT2D eigenvalue weighted by molar-refractivity contribution is 5.59. The standard InChI is InChI=1S/C14H19N3O.H3N/c1-14(2,15)7-8-17-9-13(16-10-17)11-3-5-12(18)6-4-11;/h3-6,9-10,18H,7-8,15H2,1-2H3;1H3. The highest BCUT2D eigenvalue weighted by Crippen LogP contribution is 2.20. The van der Waals surface area contributed by atoms with Crippen LogP contribution >= 0.6 is 0 Å². The molecule has 0 aliphatic carbocycles. The quantitative estimate of drug-likeness (QED) is 0.788. The van der Waals surface area contributed by atoms with Crippen LogP contribution in [0.5, 0.6) is 5.75 Å². The molecule has 0 saturated carbocycles. The number of hydrogen-bond donors (Lipinski definition) is 3. The maximum atomic E-state index is 9.24. The lowest BCUT2D eigenvalue weighted by Gasteiger charge is -2.17. The molecule has 1 heterocycles. The second kappa shape index (κ2) is 5.86. The van der Waals surface area contributed by atoms with Crippen LogP contribution in [-0.4, -0.2) is 20.2 Å². The van der Waals surface area contributed by atoms with E-state index in [2.05, 4.69) is 4.98 Å². The Labute approximate surface area is 113 Å². The number of nitrogens with two attached hydrogens (primary N) is 1. The van der Waals surface area contributed by atoms with Crippen molar-refractivity contribution in [2.24, 2.45) is 5.73 Å². The van der Waals surface area contributed by atoms with Crippen LogP contribution in [0.1, 0.15) is 20.3 Å². The minimum absolute atomic E-state index is 0. The third-order valence-corrected chi connectivity index (χ3v) is 2.81. The third kappa shape index (κ3) is 4.39. The molecule has 0 aliphatic heterocycles. The van der Waals surface area contributed by atoms with Gasteiger partial charge in [0.2, 0.25) is 0 Å². The molecule has 2 aromatic rings. The van der Waals surface area contributed by atoms with Crippen LogP contribution in [0.3, 0.4) is 0 Å². The van der Waals surface area contributed by atoms with Gasteiger partial charge in [0.15, 0.2) is 0 Å². The summed E-state index contributed by atoms with van der Waals surface area (Å²) in [5.74, 6) is 0.267. The Morgan fingerprint density at radius 1 is 1.26 bits per heavy atom. The summed E-state index contributed by atoms with van der Waals surface area (Å²) < 4.78 is 2.04. The Kier molecular flexibility index (Phi) is 4.69. The van der Waals surface area contributed by atoms with E-state index in [9.17, 15) is 5.11 Å². The second-order valence-corrected chi connectivity index (χ2v) is 5.28. The molecule has 0 fully saturated rings. The van der Waals surface area contributed by atoms with Crippen LogP contribution in [0, 0.1) is 0 Å². The van der Waals surface area contributed by atoms with Gasteiger partial charge in [-0.05, 0) is 44.5 Å². The third-order valence-electron chi connectivity index (χ3n) is 2.81. The number of aromatic hydroxyl groups is 1. The molecule has 6 N–H and O–H groups in total. The maximum absolute atomic E-state index is 9.24. The maximum Gasteiger partial charge on any atom is 0.115 e. The molecule has 2 rings (SSSR count). The highest BCUT2D eigenvalue weighted by Gasteiger charge is 2.10. The number of benzene rings is 1. The molecule has 0 amide bonds. The molecule has 5 heteroatoms. The summed E-state index contributed by atoms with van der Waals surface area (Å²) in [6, 6.07) is 7.04. The van der Waals surface area contributed by atoms with Gasteiger partial charge >= 0.3 is 0 Å². The minimum Gasteiger partial charge on any atom is -0.508 e. The van der Waals surface area contributed by atoms with E-state index in [1.54, 1.807) is 12.1 Å². The summed E-state index contributed by atoms with van der Waals surface area (Å²) in [5.41, 5.74) is 7.70. The molecule has 0 aliphatic rings. The van der Waals surface area contributed by atoms with Gasteiger partial charge in [-0.15, -0.1) is 0 Å². The molecular formula is C14H22N4O. The first-order valence-electron chi connectivity index (χ1n) is 6.04. The first-order valence-corrected chi connectivity index (χ1v) is 6.04. The smallest absolute Gasteiger partial charge is 0.115 e. The Bertz CT molecular complexity index is 511. The molecule has 104 valence electrons. The zero-order valence-corrected chi connectivity index (χ0v) is 11.5. The van der Waals surface area contributed by atoms with E-state index >= 15 is 0 Å². The minimum atomic E-state index is -0.164. The predicted molar refractivity (Wildman–Crippen MR) is 77.2 cm³/mol. The van der Waals surface area contributed by atoms with Crippen molar-refractivity contribution in [2.45, 2.75) is 32.4 Å². The summed E-state index contributed by atoms with van der Waals surface area (Å²) in [7, 11) is 0. The van der Waals surface area contributed by atoms with E-state index in [1.165, 1.54) is 0 Å². The largest absolute Gasteiger partial charge is 0.508 e. The fraction of sp³-hybridized carbons (Fsp3) is 0.357. The van der Waals surface area contributed by atoms with Crippen molar-refractivity contribution >= 4 is 0 Å². The van der Waals surface area contributed by atoms with Crippen molar-refractivity contribution in [1.29, 1.82) is 0 Å². The number of hydrogen-bond acceptors (Lipinski definition) is 4. The van der Waals surface area contributed by atoms with Gasteiger partial charge in [0.1, 0.15) is 5.75 Å². The lowest BCUT2D eigenvalue weighted by Crippen LogP contribution is -2.32. The van der Waals surface area contributed by atoms with Gasteiger partial charge < -0.3 is 21.6 Å². The van der Waals surface area contributed by atoms with Crippen LogP contribution in [0.4, 0.5) is 0 Å². The monoisotopic (exact) mass is 262 g/mol. The van der Waals surface area contributed by atoms with E-state index < -0.39 is 0 Å². The molecule has 0 atom stereocenters. The summed E-state index contributed by atoms with van der Waals surface area (Å²) in [4.78, 5) is 4.36. The number of aryl methyl sites for hydroxylation is 1. The van der Waals surface area contributed by atoms with Crippen molar-refractivity contribution in [3.05, 3.63) is 36.8 Å². The van der Waals surface area contributed by atoms with E-state index in [0.29, 0.717) is 0 Å². The average Bonchev–Trinajstić information content (AvgIpc) is 2.75. The summed E-state index contributed by atoms with van der Waals surface area (Å²) in [6.07, 6.45) is 4.71. The number of aromatic nitrogens is 2. The Morgan fingerprint density at radius 2 is 1.89 bits per heavy atom. The van der Waals surface area contributed by atoms with E-state index in [4.69, 9.17) is 5.73 Å². The number of imidazole rings is 1. The van der Waals surface area contributed by atoms with Gasteiger partial charge in [0.05, 0.1) is 12.0 Å². The van der Waals surface area contributed by atoms with Crippen LogP contribution < -0.4 is 11.9 Å². The summed E-state index contributed by atoms with van der Waals surface area (Å²) in [5, 5.41) is 9.24. The van der Waals surface area contributed by atoms with Crippen molar-refractivity contribution in [3.63, 3.8) is 0 Å². The number of nitrogens with zero attached hydrogens (tertiary/aromatic N) is 2. The van der Waals surface area contributed by atoms with Crippen LogP contribution in [-0.2, 0) is 6.54 Å². The van der Waals surface area contributed by atoms with Crippen molar-refractivity contribution < 1.29 is 5.11 Å². The van der Waals surface area contributed by atoms with E-state index in [1.807, 2.05) is 43.1 Å². The van der Waals surface area contributed by atoms with Crippen molar-refractivity contribution in [1.82, 2.24) is 15.7 Å². The van der Waals surface area contributed by atoms with Crippen LogP contribution in [0.2, 0.25) is 0 Å². The van der Waals surface area contributed by atoms with Crippen LogP contribution in [0.25, 0.3) is 11.3 Å². The number of phenols is 1. The molecule has 0 bridgehead atoms. The fourth-order valence-electron chi connectivity index (χ4n) is 1.68. The molecule has 0 spiro atoms.